The Balaban J connectivity index is 2.19. The van der Waals surface area contributed by atoms with Crippen LogP contribution in [-0.2, 0) is 16.6 Å². The zero-order valence-electron chi connectivity index (χ0n) is 13.1. The number of nitrogens with zero attached hydrogens (tertiary/aromatic N) is 2. The summed E-state index contributed by atoms with van der Waals surface area (Å²) in [6.07, 6.45) is 1.29. The number of H-pyrrole nitrogens is 1. The van der Waals surface area contributed by atoms with Crippen molar-refractivity contribution >= 4 is 15.9 Å². The van der Waals surface area contributed by atoms with Gasteiger partial charge in [-0.25, -0.2) is 13.1 Å². The molecule has 0 bridgehead atoms. The Bertz CT molecular complexity index is 779. The molecule has 2 aromatic rings. The van der Waals surface area contributed by atoms with Crippen molar-refractivity contribution in [2.24, 2.45) is 0 Å². The zero-order valence-corrected chi connectivity index (χ0v) is 13.9. The minimum Gasteiger partial charge on any atom is -0.346 e. The van der Waals surface area contributed by atoms with Crippen LogP contribution in [0, 0.1) is 0 Å². The van der Waals surface area contributed by atoms with Gasteiger partial charge in [0.2, 0.25) is 10.0 Å². The summed E-state index contributed by atoms with van der Waals surface area (Å²) < 4.78 is 27.6. The second-order valence-corrected chi connectivity index (χ2v) is 7.65. The first-order valence-corrected chi connectivity index (χ1v) is 8.43. The number of carbonyl (C=O) groups is 1. The molecule has 0 unspecified atom stereocenters. The van der Waals surface area contributed by atoms with Crippen LogP contribution in [-0.4, -0.2) is 35.3 Å². The SMILES string of the molecule is CC(C)(C)NS(=O)(=O)c1ccccc1CNC(=O)c1cn[nH]n1. The quantitative estimate of drug-likeness (QED) is 0.746. The molecule has 1 heterocycles. The first-order chi connectivity index (χ1) is 10.7. The number of sulfonamides is 1. The van der Waals surface area contributed by atoms with Crippen LogP contribution in [0.5, 0.6) is 0 Å². The summed E-state index contributed by atoms with van der Waals surface area (Å²) in [5, 5.41) is 12.2. The van der Waals surface area contributed by atoms with E-state index in [1.165, 1.54) is 12.3 Å². The van der Waals surface area contributed by atoms with E-state index >= 15 is 0 Å². The molecule has 2 rings (SSSR count). The maximum Gasteiger partial charge on any atom is 0.273 e. The third-order valence-electron chi connectivity index (χ3n) is 2.79. The number of benzene rings is 1. The zero-order chi connectivity index (χ0) is 17.1. The lowest BCUT2D eigenvalue weighted by Crippen LogP contribution is -2.41. The Morgan fingerprint density at radius 1 is 1.26 bits per heavy atom. The molecule has 1 aromatic carbocycles. The van der Waals surface area contributed by atoms with Gasteiger partial charge in [0.15, 0.2) is 5.69 Å². The van der Waals surface area contributed by atoms with Gasteiger partial charge in [-0.2, -0.15) is 15.4 Å². The minimum absolute atomic E-state index is 0.0624. The van der Waals surface area contributed by atoms with Gasteiger partial charge in [0.05, 0.1) is 11.1 Å². The van der Waals surface area contributed by atoms with E-state index in [9.17, 15) is 13.2 Å². The van der Waals surface area contributed by atoms with Crippen molar-refractivity contribution in [2.45, 2.75) is 37.8 Å². The highest BCUT2D eigenvalue weighted by molar-refractivity contribution is 7.89. The molecule has 124 valence electrons. The fraction of sp³-hybridized carbons (Fsp3) is 0.357. The third-order valence-corrected chi connectivity index (χ3v) is 4.65. The number of aromatic amines is 1. The van der Waals surface area contributed by atoms with Crippen molar-refractivity contribution in [1.29, 1.82) is 0 Å². The van der Waals surface area contributed by atoms with Crippen molar-refractivity contribution in [3.8, 4) is 0 Å². The summed E-state index contributed by atoms with van der Waals surface area (Å²) in [4.78, 5) is 12.0. The predicted molar refractivity (Wildman–Crippen MR) is 84.1 cm³/mol. The molecule has 0 aliphatic carbocycles. The van der Waals surface area contributed by atoms with Gasteiger partial charge >= 0.3 is 0 Å². The van der Waals surface area contributed by atoms with Crippen LogP contribution in [0.2, 0.25) is 0 Å². The summed E-state index contributed by atoms with van der Waals surface area (Å²) in [6.45, 7) is 5.35. The van der Waals surface area contributed by atoms with E-state index in [0.29, 0.717) is 5.56 Å². The maximum atomic E-state index is 12.5. The number of hydrogen-bond donors (Lipinski definition) is 3. The fourth-order valence-electron chi connectivity index (χ4n) is 1.95. The van der Waals surface area contributed by atoms with E-state index in [1.807, 2.05) is 0 Å². The molecule has 9 heteroatoms. The molecule has 23 heavy (non-hydrogen) atoms. The van der Waals surface area contributed by atoms with Crippen LogP contribution in [0.1, 0.15) is 36.8 Å². The summed E-state index contributed by atoms with van der Waals surface area (Å²) in [5.74, 6) is -0.435. The van der Waals surface area contributed by atoms with Gasteiger partial charge in [0, 0.05) is 12.1 Å². The van der Waals surface area contributed by atoms with E-state index in [-0.39, 0.29) is 17.1 Å². The number of amides is 1. The molecule has 1 aromatic heterocycles. The molecular weight excluding hydrogens is 318 g/mol. The lowest BCUT2D eigenvalue weighted by Gasteiger charge is -2.21. The van der Waals surface area contributed by atoms with Gasteiger partial charge in [-0.3, -0.25) is 4.79 Å². The number of nitrogens with one attached hydrogen (secondary N) is 3. The first-order valence-electron chi connectivity index (χ1n) is 6.95. The molecule has 0 saturated carbocycles. The Hall–Kier alpha value is -2.26. The number of aromatic nitrogens is 3. The fourth-order valence-corrected chi connectivity index (χ4v) is 3.61. The molecule has 0 atom stereocenters. The second kappa shape index (κ2) is 6.47. The first kappa shape index (κ1) is 17.1. The molecule has 0 spiro atoms. The van der Waals surface area contributed by atoms with E-state index in [4.69, 9.17) is 0 Å². The summed E-state index contributed by atoms with van der Waals surface area (Å²) in [7, 11) is -3.69. The van der Waals surface area contributed by atoms with E-state index < -0.39 is 21.5 Å². The molecule has 0 aliphatic rings. The molecule has 0 radical (unpaired) electrons. The number of carbonyl (C=O) groups excluding carboxylic acids is 1. The van der Waals surface area contributed by atoms with Crippen LogP contribution < -0.4 is 10.0 Å². The molecule has 0 aliphatic heterocycles. The molecule has 8 nitrogen and oxygen atoms in total. The minimum atomic E-state index is -3.69. The monoisotopic (exact) mass is 337 g/mol. The van der Waals surface area contributed by atoms with Gasteiger partial charge in [-0.15, -0.1) is 0 Å². The van der Waals surface area contributed by atoms with E-state index in [2.05, 4.69) is 25.4 Å². The molecule has 0 saturated heterocycles. The highest BCUT2D eigenvalue weighted by Crippen LogP contribution is 2.17. The molecule has 0 fully saturated rings. The van der Waals surface area contributed by atoms with Crippen molar-refractivity contribution in [3.63, 3.8) is 0 Å². The van der Waals surface area contributed by atoms with Crippen molar-refractivity contribution in [1.82, 2.24) is 25.4 Å². The molecule has 1 amide bonds. The van der Waals surface area contributed by atoms with Gasteiger partial charge in [0.25, 0.3) is 5.91 Å². The normalized spacial score (nSPS) is 12.1. The Labute approximate surface area is 134 Å². The summed E-state index contributed by atoms with van der Waals surface area (Å²) >= 11 is 0. The van der Waals surface area contributed by atoms with E-state index in [0.717, 1.165) is 0 Å². The topological polar surface area (TPSA) is 117 Å². The highest BCUT2D eigenvalue weighted by Gasteiger charge is 2.24. The summed E-state index contributed by atoms with van der Waals surface area (Å²) in [6, 6.07) is 6.51. The van der Waals surface area contributed by atoms with Crippen LogP contribution in [0.3, 0.4) is 0 Å². The van der Waals surface area contributed by atoms with Gasteiger partial charge in [0.1, 0.15) is 0 Å². The largest absolute Gasteiger partial charge is 0.346 e. The molecule has 3 N–H and O–H groups in total. The maximum absolute atomic E-state index is 12.5. The van der Waals surface area contributed by atoms with Crippen LogP contribution >= 0.6 is 0 Å². The van der Waals surface area contributed by atoms with Crippen LogP contribution in [0.15, 0.2) is 35.4 Å². The third kappa shape index (κ3) is 4.60. The average Bonchev–Trinajstić information content (AvgIpc) is 2.96. The average molecular weight is 337 g/mol. The second-order valence-electron chi connectivity index (χ2n) is 6.00. The van der Waals surface area contributed by atoms with Crippen molar-refractivity contribution in [2.75, 3.05) is 0 Å². The Kier molecular flexibility index (Phi) is 4.81. The molecular formula is C14H19N5O3S. The van der Waals surface area contributed by atoms with Gasteiger partial charge < -0.3 is 5.32 Å². The van der Waals surface area contributed by atoms with Crippen LogP contribution in [0.4, 0.5) is 0 Å². The number of rotatable bonds is 5. The standard InChI is InChI=1S/C14H19N5O3S/c1-14(2,3)18-23(21,22)12-7-5-4-6-10(12)8-15-13(20)11-9-16-19-17-11/h4-7,9,18H,8H2,1-3H3,(H,15,20)(H,16,17,19). The van der Waals surface area contributed by atoms with Crippen LogP contribution in [0.25, 0.3) is 0 Å². The lowest BCUT2D eigenvalue weighted by atomic mass is 10.1. The van der Waals surface area contributed by atoms with E-state index in [1.54, 1.807) is 39.0 Å². The van der Waals surface area contributed by atoms with Gasteiger partial charge in [-0.1, -0.05) is 18.2 Å². The Morgan fingerprint density at radius 3 is 2.57 bits per heavy atom. The predicted octanol–water partition coefficient (Wildman–Crippen LogP) is 0.811. The van der Waals surface area contributed by atoms with Crippen molar-refractivity contribution in [3.05, 3.63) is 41.7 Å². The highest BCUT2D eigenvalue weighted by atomic mass is 32.2. The lowest BCUT2D eigenvalue weighted by molar-refractivity contribution is 0.0945. The number of hydrogen-bond acceptors (Lipinski definition) is 5. The van der Waals surface area contributed by atoms with Crippen molar-refractivity contribution < 1.29 is 13.2 Å². The smallest absolute Gasteiger partial charge is 0.273 e. The summed E-state index contributed by atoms with van der Waals surface area (Å²) in [5.41, 5.74) is 0.0230. The Morgan fingerprint density at radius 2 is 1.96 bits per heavy atom. The van der Waals surface area contributed by atoms with Gasteiger partial charge in [-0.05, 0) is 32.4 Å².